The second-order valence-corrected chi connectivity index (χ2v) is 6.92. The van der Waals surface area contributed by atoms with E-state index in [1.807, 2.05) is 54.7 Å². The van der Waals surface area contributed by atoms with E-state index in [1.54, 1.807) is 0 Å². The van der Waals surface area contributed by atoms with Gasteiger partial charge in [-0.15, -0.1) is 0 Å². The Morgan fingerprint density at radius 1 is 1.12 bits per heavy atom. The van der Waals surface area contributed by atoms with Crippen molar-refractivity contribution in [3.05, 3.63) is 65.7 Å². The molecule has 26 heavy (non-hydrogen) atoms. The Bertz CT molecular complexity index is 776. The van der Waals surface area contributed by atoms with Crippen LogP contribution >= 0.6 is 0 Å². The van der Waals surface area contributed by atoms with Crippen LogP contribution in [0.1, 0.15) is 24.5 Å². The molecular weight excluding hydrogens is 341 g/mol. The Morgan fingerprint density at radius 3 is 2.46 bits per heavy atom. The van der Waals surface area contributed by atoms with E-state index in [2.05, 4.69) is 17.0 Å². The van der Waals surface area contributed by atoms with E-state index >= 15 is 0 Å². The summed E-state index contributed by atoms with van der Waals surface area (Å²) in [5, 5.41) is 1.99. The molecule has 1 aliphatic heterocycles. The molecule has 0 spiro atoms. The number of para-hydroxylation sites is 1. The summed E-state index contributed by atoms with van der Waals surface area (Å²) in [6.07, 6.45) is -4.40. The van der Waals surface area contributed by atoms with Gasteiger partial charge in [0.2, 0.25) is 0 Å². The van der Waals surface area contributed by atoms with Crippen molar-refractivity contribution >= 4 is 11.6 Å². The molecule has 0 aliphatic carbocycles. The highest BCUT2D eigenvalue weighted by Crippen LogP contribution is 2.43. The third kappa shape index (κ3) is 3.84. The van der Waals surface area contributed by atoms with Gasteiger partial charge in [0, 0.05) is 30.7 Å². The van der Waals surface area contributed by atoms with Crippen LogP contribution < -0.4 is 10.2 Å². The molecule has 0 aromatic heterocycles. The van der Waals surface area contributed by atoms with E-state index in [0.717, 1.165) is 17.8 Å². The Balaban J connectivity index is 1.73. The lowest BCUT2D eigenvalue weighted by Gasteiger charge is -2.27. The zero-order chi connectivity index (χ0) is 18.8. The normalized spacial score (nSPS) is 19.3. The minimum Gasteiger partial charge on any atom is -0.366 e. The molecule has 138 valence electrons. The topological polar surface area (TPSA) is 32.3 Å². The quantitative estimate of drug-likeness (QED) is 0.871. The van der Waals surface area contributed by atoms with E-state index in [4.69, 9.17) is 0 Å². The van der Waals surface area contributed by atoms with Crippen molar-refractivity contribution in [2.45, 2.75) is 31.5 Å². The number of hydrogen-bond donors (Lipinski definition) is 1. The van der Waals surface area contributed by atoms with Crippen LogP contribution in [0.15, 0.2) is 54.6 Å². The fourth-order valence-electron chi connectivity index (χ4n) is 3.56. The van der Waals surface area contributed by atoms with Gasteiger partial charge in [-0.25, -0.2) is 0 Å². The molecule has 2 aromatic rings. The number of hydrogen-bond acceptors (Lipinski definition) is 2. The van der Waals surface area contributed by atoms with Gasteiger partial charge in [0.05, 0.1) is 0 Å². The Morgan fingerprint density at radius 2 is 1.77 bits per heavy atom. The minimum absolute atomic E-state index is 0.0116. The van der Waals surface area contributed by atoms with Crippen molar-refractivity contribution in [3.63, 3.8) is 0 Å². The molecule has 6 heteroatoms. The van der Waals surface area contributed by atoms with E-state index in [1.165, 1.54) is 5.56 Å². The van der Waals surface area contributed by atoms with Crippen molar-refractivity contribution in [2.75, 3.05) is 18.0 Å². The van der Waals surface area contributed by atoms with Gasteiger partial charge in [0.25, 0.3) is 0 Å². The Kier molecular flexibility index (Phi) is 4.94. The second kappa shape index (κ2) is 7.02. The maximum absolute atomic E-state index is 12.4. The molecule has 0 saturated carbocycles. The van der Waals surface area contributed by atoms with Gasteiger partial charge in [-0.1, -0.05) is 55.5 Å². The molecule has 2 aromatic carbocycles. The third-order valence-electron chi connectivity index (χ3n) is 4.87. The zero-order valence-electron chi connectivity index (χ0n) is 14.5. The molecule has 0 radical (unpaired) electrons. The Labute approximate surface area is 150 Å². The van der Waals surface area contributed by atoms with E-state index in [9.17, 15) is 18.0 Å². The summed E-state index contributed by atoms with van der Waals surface area (Å²) in [6.45, 7) is 3.46. The monoisotopic (exact) mass is 362 g/mol. The van der Waals surface area contributed by atoms with Crippen LogP contribution in [0.5, 0.6) is 0 Å². The first-order valence-corrected chi connectivity index (χ1v) is 8.53. The van der Waals surface area contributed by atoms with Crippen molar-refractivity contribution in [1.82, 2.24) is 5.32 Å². The number of carbonyl (C=O) groups excluding carboxylic acids is 1. The summed E-state index contributed by atoms with van der Waals surface area (Å²) in [5.74, 6) is -1.88. The number of amides is 1. The minimum atomic E-state index is -4.84. The lowest BCUT2D eigenvalue weighted by Crippen LogP contribution is -2.40. The molecule has 0 bridgehead atoms. The van der Waals surface area contributed by atoms with Gasteiger partial charge in [0.15, 0.2) is 0 Å². The fourth-order valence-corrected chi connectivity index (χ4v) is 3.56. The van der Waals surface area contributed by atoms with Crippen molar-refractivity contribution in [3.8, 4) is 0 Å². The average molecular weight is 362 g/mol. The molecule has 3 nitrogen and oxygen atoms in total. The summed E-state index contributed by atoms with van der Waals surface area (Å²) in [5.41, 5.74) is 3.07. The molecule has 1 atom stereocenters. The number of carbonyl (C=O) groups is 1. The molecule has 0 fully saturated rings. The highest BCUT2D eigenvalue weighted by Gasteiger charge is 2.41. The van der Waals surface area contributed by atoms with Gasteiger partial charge in [-0.3, -0.25) is 4.79 Å². The van der Waals surface area contributed by atoms with Crippen molar-refractivity contribution in [2.24, 2.45) is 0 Å². The number of halogens is 3. The Hall–Kier alpha value is -2.50. The van der Waals surface area contributed by atoms with Crippen LogP contribution in [0, 0.1) is 0 Å². The third-order valence-corrected chi connectivity index (χ3v) is 4.87. The van der Waals surface area contributed by atoms with Gasteiger partial charge in [0.1, 0.15) is 0 Å². The molecule has 1 aliphatic rings. The number of fused-ring (bicyclic) bond motifs is 1. The number of nitrogens with one attached hydrogen (secondary N) is 1. The lowest BCUT2D eigenvalue weighted by atomic mass is 9.81. The molecule has 1 amide bonds. The number of benzene rings is 2. The predicted octanol–water partition coefficient (Wildman–Crippen LogP) is 4.03. The SMILES string of the molecule is CC1(CCNC(=O)C(F)(F)F)CN(Cc2ccccc2)c2ccccc21. The van der Waals surface area contributed by atoms with Crippen molar-refractivity contribution < 1.29 is 18.0 Å². The van der Waals surface area contributed by atoms with Crippen LogP contribution in [0.4, 0.5) is 18.9 Å². The molecular formula is C20H21F3N2O. The van der Waals surface area contributed by atoms with E-state index in [-0.39, 0.29) is 12.0 Å². The zero-order valence-corrected chi connectivity index (χ0v) is 14.5. The summed E-state index contributed by atoms with van der Waals surface area (Å²) in [6, 6.07) is 18.0. The lowest BCUT2D eigenvalue weighted by molar-refractivity contribution is -0.173. The highest BCUT2D eigenvalue weighted by molar-refractivity contribution is 5.81. The maximum atomic E-state index is 12.4. The van der Waals surface area contributed by atoms with Gasteiger partial charge >= 0.3 is 12.1 Å². The van der Waals surface area contributed by atoms with Crippen LogP contribution in [-0.2, 0) is 16.8 Å². The summed E-state index contributed by atoms with van der Waals surface area (Å²) < 4.78 is 37.1. The van der Waals surface area contributed by atoms with E-state index in [0.29, 0.717) is 13.0 Å². The highest BCUT2D eigenvalue weighted by atomic mass is 19.4. The average Bonchev–Trinajstić information content (AvgIpc) is 2.88. The van der Waals surface area contributed by atoms with Crippen LogP contribution in [-0.4, -0.2) is 25.2 Å². The largest absolute Gasteiger partial charge is 0.471 e. The van der Waals surface area contributed by atoms with Crippen LogP contribution in [0.25, 0.3) is 0 Å². The fraction of sp³-hybridized carbons (Fsp3) is 0.350. The number of anilines is 1. The number of nitrogens with zero attached hydrogens (tertiary/aromatic N) is 1. The molecule has 3 rings (SSSR count). The summed E-state index contributed by atoms with van der Waals surface area (Å²) in [4.78, 5) is 13.3. The molecule has 1 heterocycles. The smallest absolute Gasteiger partial charge is 0.366 e. The molecule has 0 saturated heterocycles. The van der Waals surface area contributed by atoms with Crippen LogP contribution in [0.3, 0.4) is 0 Å². The predicted molar refractivity (Wildman–Crippen MR) is 95.0 cm³/mol. The standard InChI is InChI=1S/C20H21F3N2O/c1-19(11-12-24-18(26)20(21,22)23)14-25(13-15-7-3-2-4-8-15)17-10-6-5-9-16(17)19/h2-10H,11-14H2,1H3,(H,24,26). The first-order valence-electron chi connectivity index (χ1n) is 8.53. The van der Waals surface area contributed by atoms with Crippen LogP contribution in [0.2, 0.25) is 0 Å². The van der Waals surface area contributed by atoms with Crippen molar-refractivity contribution in [1.29, 1.82) is 0 Å². The second-order valence-electron chi connectivity index (χ2n) is 6.92. The summed E-state index contributed by atoms with van der Waals surface area (Å²) in [7, 11) is 0. The number of alkyl halides is 3. The first-order chi connectivity index (χ1) is 12.3. The first kappa shape index (κ1) is 18.3. The van der Waals surface area contributed by atoms with Gasteiger partial charge in [-0.2, -0.15) is 13.2 Å². The number of rotatable bonds is 5. The van der Waals surface area contributed by atoms with E-state index < -0.39 is 12.1 Å². The molecule has 1 N–H and O–H groups in total. The maximum Gasteiger partial charge on any atom is 0.471 e. The molecule has 1 unspecified atom stereocenters. The van der Waals surface area contributed by atoms with Gasteiger partial charge in [-0.05, 0) is 23.6 Å². The summed E-state index contributed by atoms with van der Waals surface area (Å²) >= 11 is 0. The van der Waals surface area contributed by atoms with Gasteiger partial charge < -0.3 is 10.2 Å².